The SMILES string of the molecule is C=C1/C(=C\C(=C/C)c2cnc([C@@H]3C[C@@H]4CCC[C@@H]4N3C(=O)[C@@H](NC(=O)OC)[C@@H](C)O)[nH]2)c2ccc(-c3cnc([C@@H]4CC5CCCC5N4)[nH]3)cc21. The largest absolute Gasteiger partial charge is 0.453 e. The van der Waals surface area contributed by atoms with Crippen LogP contribution < -0.4 is 10.6 Å². The zero-order valence-corrected chi connectivity index (χ0v) is 29.0. The number of H-pyrrole nitrogens is 2. The predicted molar refractivity (Wildman–Crippen MR) is 191 cm³/mol. The van der Waals surface area contributed by atoms with Crippen LogP contribution in [0, 0.1) is 11.8 Å². The van der Waals surface area contributed by atoms with Gasteiger partial charge in [-0.05, 0) is 104 Å². The highest BCUT2D eigenvalue weighted by Crippen LogP contribution is 2.49. The number of fused-ring (bicyclic) bond motifs is 3. The highest BCUT2D eigenvalue weighted by Gasteiger charge is 2.49. The molecular formula is C39H47N7O4. The minimum absolute atomic E-state index is 0.0390. The van der Waals surface area contributed by atoms with Crippen LogP contribution in [-0.2, 0) is 9.53 Å². The van der Waals surface area contributed by atoms with Gasteiger partial charge in [0.15, 0.2) is 0 Å². The van der Waals surface area contributed by atoms with Crippen molar-refractivity contribution < 1.29 is 19.4 Å². The molecule has 2 saturated heterocycles. The molecule has 0 radical (unpaired) electrons. The van der Waals surface area contributed by atoms with Gasteiger partial charge in [-0.3, -0.25) is 4.79 Å². The van der Waals surface area contributed by atoms with Crippen LogP contribution in [0.25, 0.3) is 28.0 Å². The van der Waals surface area contributed by atoms with E-state index in [1.54, 1.807) is 0 Å². The highest BCUT2D eigenvalue weighted by molar-refractivity contribution is 6.18. The minimum atomic E-state index is -1.11. The summed E-state index contributed by atoms with van der Waals surface area (Å²) < 4.78 is 4.74. The Morgan fingerprint density at radius 3 is 2.64 bits per heavy atom. The molecule has 1 aromatic carbocycles. The fourth-order valence-electron chi connectivity index (χ4n) is 9.34. The molecule has 3 aliphatic carbocycles. The average molecular weight is 678 g/mol. The number of benzene rings is 1. The van der Waals surface area contributed by atoms with E-state index in [2.05, 4.69) is 57.5 Å². The van der Waals surface area contributed by atoms with Gasteiger partial charge in [0.05, 0.1) is 49.1 Å². The number of alkyl carbamates (subject to hydrolysis) is 1. The number of allylic oxidation sites excluding steroid dienone is 5. The number of nitrogens with one attached hydrogen (secondary N) is 4. The molecule has 2 aromatic heterocycles. The van der Waals surface area contributed by atoms with Crippen molar-refractivity contribution in [3.8, 4) is 11.3 Å². The molecule has 2 saturated carbocycles. The van der Waals surface area contributed by atoms with Crippen molar-refractivity contribution in [1.82, 2.24) is 35.5 Å². The summed E-state index contributed by atoms with van der Waals surface area (Å²) >= 11 is 0. The lowest BCUT2D eigenvalue weighted by molar-refractivity contribution is -0.139. The Kier molecular flexibility index (Phi) is 8.51. The summed E-state index contributed by atoms with van der Waals surface area (Å²) in [4.78, 5) is 44.5. The number of aromatic amines is 2. The van der Waals surface area contributed by atoms with Crippen LogP contribution in [0.2, 0.25) is 0 Å². The summed E-state index contributed by atoms with van der Waals surface area (Å²) in [6, 6.07) is 6.09. The number of amides is 2. The van der Waals surface area contributed by atoms with E-state index in [9.17, 15) is 14.7 Å². The fraction of sp³-hybridized carbons (Fsp3) is 0.487. The van der Waals surface area contributed by atoms with Gasteiger partial charge >= 0.3 is 6.09 Å². The number of nitrogens with zero attached hydrogens (tertiary/aromatic N) is 3. The maximum absolute atomic E-state index is 13.9. The summed E-state index contributed by atoms with van der Waals surface area (Å²) in [7, 11) is 1.24. The van der Waals surface area contributed by atoms with Crippen molar-refractivity contribution in [3.05, 3.63) is 77.8 Å². The lowest BCUT2D eigenvalue weighted by atomic mass is 9.76. The topological polar surface area (TPSA) is 148 Å². The summed E-state index contributed by atoms with van der Waals surface area (Å²) in [6.07, 6.45) is 15.0. The summed E-state index contributed by atoms with van der Waals surface area (Å²) in [5.41, 5.74) is 8.33. The van der Waals surface area contributed by atoms with Crippen LogP contribution in [0.3, 0.4) is 0 Å². The molecule has 5 aliphatic rings. The number of likely N-dealkylation sites (tertiary alicyclic amines) is 1. The molecule has 50 heavy (non-hydrogen) atoms. The van der Waals surface area contributed by atoms with Gasteiger partial charge in [0, 0.05) is 17.6 Å². The quantitative estimate of drug-likeness (QED) is 0.195. The number of carbonyl (C=O) groups is 2. The summed E-state index contributed by atoms with van der Waals surface area (Å²) in [5.74, 6) is 2.54. The molecule has 11 heteroatoms. The molecule has 3 aromatic rings. The van der Waals surface area contributed by atoms with Gasteiger partial charge in [-0.25, -0.2) is 14.8 Å². The van der Waals surface area contributed by atoms with Crippen LogP contribution in [-0.4, -0.2) is 73.3 Å². The Bertz CT molecular complexity index is 1880. The van der Waals surface area contributed by atoms with E-state index in [4.69, 9.17) is 14.7 Å². The Balaban J connectivity index is 0.998. The summed E-state index contributed by atoms with van der Waals surface area (Å²) in [5, 5.41) is 16.8. The molecular weight excluding hydrogens is 630 g/mol. The van der Waals surface area contributed by atoms with E-state index in [0.717, 1.165) is 88.6 Å². The molecule has 4 heterocycles. The third-order valence-electron chi connectivity index (χ3n) is 11.9. The van der Waals surface area contributed by atoms with Crippen LogP contribution in [0.5, 0.6) is 0 Å². The number of aliphatic hydroxyl groups excluding tert-OH is 1. The number of rotatable bonds is 8. The second kappa shape index (κ2) is 13.0. The van der Waals surface area contributed by atoms with E-state index in [-0.39, 0.29) is 18.0 Å². The number of methoxy groups -OCH3 is 1. The van der Waals surface area contributed by atoms with E-state index < -0.39 is 18.2 Å². The van der Waals surface area contributed by atoms with Crippen LogP contribution >= 0.6 is 0 Å². The lowest BCUT2D eigenvalue weighted by Crippen LogP contribution is -2.55. The van der Waals surface area contributed by atoms with Crippen molar-refractivity contribution in [2.45, 2.75) is 102 Å². The monoisotopic (exact) mass is 677 g/mol. The minimum Gasteiger partial charge on any atom is -0.453 e. The van der Waals surface area contributed by atoms with Gasteiger partial charge in [-0.2, -0.15) is 0 Å². The van der Waals surface area contributed by atoms with Crippen molar-refractivity contribution in [2.75, 3.05) is 7.11 Å². The molecule has 11 nitrogen and oxygen atoms in total. The standard InChI is InChI=1S/C39H47N7O4/c1-5-22(31-18-41-37(44-31)34-17-25-9-7-11-33(25)46(34)38(48)35(21(3)47)45-39(49)50-4)14-27-20(2)28-15-24(12-13-26(27)28)32-19-40-36(43-32)30-16-23-8-6-10-29(23)42-30/h5,12-15,18-19,21,23,25,29-30,33-35,42,47H,2,6-11,16-17H2,1,3-4H3,(H,40,43)(H,41,44)(H,45,49)/b22-5+,27-14+/t21-,23?,25+,29?,30+,33+,34+,35+/m1/s1. The average Bonchev–Trinajstić information content (AvgIpc) is 3.95. The van der Waals surface area contributed by atoms with E-state index >= 15 is 0 Å². The van der Waals surface area contributed by atoms with Gasteiger partial charge in [-0.1, -0.05) is 37.6 Å². The molecule has 4 fully saturated rings. The Morgan fingerprint density at radius 1 is 1.06 bits per heavy atom. The van der Waals surface area contributed by atoms with Gasteiger partial charge < -0.3 is 35.3 Å². The first-order chi connectivity index (χ1) is 24.2. The van der Waals surface area contributed by atoms with E-state index in [1.165, 1.54) is 33.3 Å². The molecule has 8 rings (SSSR count). The molecule has 2 amide bonds. The Morgan fingerprint density at radius 2 is 1.86 bits per heavy atom. The maximum atomic E-state index is 13.9. The molecule has 2 aliphatic heterocycles. The van der Waals surface area contributed by atoms with Gasteiger partial charge in [-0.15, -0.1) is 0 Å². The van der Waals surface area contributed by atoms with Gasteiger partial charge in [0.2, 0.25) is 5.91 Å². The third kappa shape index (κ3) is 5.60. The van der Waals surface area contributed by atoms with Crippen molar-refractivity contribution >= 4 is 28.7 Å². The van der Waals surface area contributed by atoms with Crippen LogP contribution in [0.1, 0.15) is 106 Å². The first-order valence-corrected chi connectivity index (χ1v) is 18.2. The number of hydrogen-bond acceptors (Lipinski definition) is 7. The van der Waals surface area contributed by atoms with Gasteiger partial charge in [0.25, 0.3) is 0 Å². The zero-order chi connectivity index (χ0) is 34.7. The second-order valence-corrected chi connectivity index (χ2v) is 14.8. The molecule has 262 valence electrons. The number of aromatic nitrogens is 4. The Labute approximate surface area is 292 Å². The lowest BCUT2D eigenvalue weighted by Gasteiger charge is -2.33. The smallest absolute Gasteiger partial charge is 0.407 e. The number of hydrogen-bond donors (Lipinski definition) is 5. The molecule has 0 spiro atoms. The first kappa shape index (κ1) is 32.7. The first-order valence-electron chi connectivity index (χ1n) is 18.2. The fourth-order valence-corrected chi connectivity index (χ4v) is 9.34. The third-order valence-corrected chi connectivity index (χ3v) is 11.9. The molecule has 2 unspecified atom stereocenters. The van der Waals surface area contributed by atoms with Crippen LogP contribution in [0.4, 0.5) is 4.79 Å². The number of carbonyl (C=O) groups excluding carboxylic acids is 2. The van der Waals surface area contributed by atoms with Crippen molar-refractivity contribution in [3.63, 3.8) is 0 Å². The Hall–Kier alpha value is -4.48. The predicted octanol–water partition coefficient (Wildman–Crippen LogP) is 6.06. The van der Waals surface area contributed by atoms with Crippen LogP contribution in [0.15, 0.2) is 49.3 Å². The maximum Gasteiger partial charge on any atom is 0.407 e. The normalized spacial score (nSPS) is 29.0. The van der Waals surface area contributed by atoms with Crippen molar-refractivity contribution in [2.24, 2.45) is 11.8 Å². The second-order valence-electron chi connectivity index (χ2n) is 14.8. The van der Waals surface area contributed by atoms with Crippen molar-refractivity contribution in [1.29, 1.82) is 0 Å². The van der Waals surface area contributed by atoms with Gasteiger partial charge in [0.1, 0.15) is 17.7 Å². The molecule has 5 N–H and O–H groups in total. The zero-order valence-electron chi connectivity index (χ0n) is 29.0. The van der Waals surface area contributed by atoms with E-state index in [1.807, 2.05) is 24.2 Å². The molecule has 8 atom stereocenters. The number of ether oxygens (including phenoxy) is 1. The highest BCUT2D eigenvalue weighted by atomic mass is 16.5. The summed E-state index contributed by atoms with van der Waals surface area (Å²) in [6.45, 7) is 7.93. The van der Waals surface area contributed by atoms with E-state index in [0.29, 0.717) is 23.8 Å². The molecule has 0 bridgehead atoms. The number of aliphatic hydroxyl groups is 1. The number of imidazole rings is 2.